The van der Waals surface area contributed by atoms with Gasteiger partial charge in [-0.2, -0.15) is 0 Å². The van der Waals surface area contributed by atoms with Crippen molar-refractivity contribution in [2.75, 3.05) is 0 Å². The maximum absolute atomic E-state index is 5.74. The molecule has 3 aromatic rings. The second-order valence-electron chi connectivity index (χ2n) is 4.54. The molecule has 0 unspecified atom stereocenters. The molecule has 0 aliphatic heterocycles. The van der Waals surface area contributed by atoms with Gasteiger partial charge in [-0.3, -0.25) is 0 Å². The van der Waals surface area contributed by atoms with Gasteiger partial charge in [-0.05, 0) is 21.9 Å². The van der Waals surface area contributed by atoms with Crippen LogP contribution in [0.2, 0.25) is 0 Å². The molecule has 0 saturated carbocycles. The summed E-state index contributed by atoms with van der Waals surface area (Å²) >= 11 is 5.74. The highest BCUT2D eigenvalue weighted by Gasteiger charge is 1.98. The minimum atomic E-state index is 0.556. The first-order valence-corrected chi connectivity index (χ1v) is 7.10. The van der Waals surface area contributed by atoms with Gasteiger partial charge in [0.15, 0.2) is 0 Å². The van der Waals surface area contributed by atoms with E-state index in [0.717, 1.165) is 11.1 Å². The summed E-state index contributed by atoms with van der Waals surface area (Å²) < 4.78 is 0. The van der Waals surface area contributed by atoms with Crippen molar-refractivity contribution in [1.29, 1.82) is 0 Å². The van der Waals surface area contributed by atoms with Crippen LogP contribution in [-0.2, 0) is 0 Å². The number of rotatable bonds is 2. The van der Waals surface area contributed by atoms with Gasteiger partial charge in [0, 0.05) is 5.03 Å². The summed E-state index contributed by atoms with van der Waals surface area (Å²) in [5.74, 6) is 0. The quantitative estimate of drug-likeness (QED) is 0.514. The number of hydrogen-bond donors (Lipinski definition) is 0. The number of halogens is 1. The minimum absolute atomic E-state index is 0.556. The molecule has 3 rings (SSSR count). The molecule has 0 heterocycles. The number of hydrogen-bond acceptors (Lipinski definition) is 0. The van der Waals surface area contributed by atoms with Gasteiger partial charge in [0.2, 0.25) is 0 Å². The van der Waals surface area contributed by atoms with Gasteiger partial charge in [-0.1, -0.05) is 104 Å². The van der Waals surface area contributed by atoms with Crippen LogP contribution in [0.25, 0.3) is 21.9 Å². The molecule has 1 heteroatoms. The van der Waals surface area contributed by atoms with Crippen LogP contribution in [0.5, 0.6) is 0 Å². The van der Waals surface area contributed by atoms with Crippen LogP contribution in [0.3, 0.4) is 0 Å². The lowest BCUT2D eigenvalue weighted by Gasteiger charge is -2.01. The lowest BCUT2D eigenvalue weighted by Crippen LogP contribution is -1.80. The van der Waals surface area contributed by atoms with E-state index in [9.17, 15) is 0 Å². The van der Waals surface area contributed by atoms with E-state index in [0.29, 0.717) is 5.03 Å². The van der Waals surface area contributed by atoms with Crippen molar-refractivity contribution in [3.8, 4) is 0 Å². The third-order valence-electron chi connectivity index (χ3n) is 3.13. The highest BCUT2D eigenvalue weighted by Crippen LogP contribution is 2.21. The zero-order chi connectivity index (χ0) is 15.1. The first-order valence-electron chi connectivity index (χ1n) is 6.72. The van der Waals surface area contributed by atoms with E-state index in [1.807, 2.05) is 24.3 Å². The van der Waals surface area contributed by atoms with Gasteiger partial charge >= 0.3 is 0 Å². The predicted octanol–water partition coefficient (Wildman–Crippen LogP) is 6.38. The van der Waals surface area contributed by atoms with Gasteiger partial charge in [0.25, 0.3) is 0 Å². The Morgan fingerprint density at radius 1 is 0.762 bits per heavy atom. The molecule has 0 bridgehead atoms. The zero-order valence-corrected chi connectivity index (χ0v) is 12.6. The summed E-state index contributed by atoms with van der Waals surface area (Å²) in [4.78, 5) is 0. The van der Waals surface area contributed by atoms with E-state index in [1.165, 1.54) is 10.8 Å². The summed E-state index contributed by atoms with van der Waals surface area (Å²) in [5, 5.41) is 3.18. The van der Waals surface area contributed by atoms with Crippen molar-refractivity contribution in [2.24, 2.45) is 0 Å². The first-order chi connectivity index (χ1) is 10.2. The molecule has 0 spiro atoms. The largest absolute Gasteiger partial charge is 0.0984 e. The minimum Gasteiger partial charge on any atom is -0.0984 e. The normalized spacial score (nSPS) is 9.57. The van der Waals surface area contributed by atoms with E-state index in [4.69, 9.17) is 11.6 Å². The van der Waals surface area contributed by atoms with Gasteiger partial charge in [0.1, 0.15) is 0 Å². The van der Waals surface area contributed by atoms with Crippen LogP contribution in [-0.4, -0.2) is 0 Å². The second kappa shape index (κ2) is 7.47. The van der Waals surface area contributed by atoms with Gasteiger partial charge in [0.05, 0.1) is 0 Å². The maximum atomic E-state index is 5.74. The van der Waals surface area contributed by atoms with E-state index < -0.39 is 0 Å². The van der Waals surface area contributed by atoms with Crippen LogP contribution in [0.15, 0.2) is 86.0 Å². The molecular formula is C20H17Cl. The molecule has 104 valence electrons. The average molecular weight is 293 g/mol. The molecular weight excluding hydrogens is 276 g/mol. The fourth-order valence-electron chi connectivity index (χ4n) is 2.05. The van der Waals surface area contributed by atoms with Crippen LogP contribution in [0.1, 0.15) is 11.1 Å². The Morgan fingerprint density at radius 3 is 1.57 bits per heavy atom. The smallest absolute Gasteiger partial charge is 0.0412 e. The van der Waals surface area contributed by atoms with E-state index >= 15 is 0 Å². The number of benzene rings is 3. The molecule has 0 aromatic heterocycles. The van der Waals surface area contributed by atoms with Crippen LogP contribution in [0, 0.1) is 0 Å². The fraction of sp³-hybridized carbons (Fsp3) is 0. The molecule has 0 N–H and O–H groups in total. The van der Waals surface area contributed by atoms with Crippen molar-refractivity contribution in [1.82, 2.24) is 0 Å². The Kier molecular flexibility index (Phi) is 5.36. The third kappa shape index (κ3) is 4.08. The van der Waals surface area contributed by atoms with Crippen LogP contribution in [0.4, 0.5) is 0 Å². The topological polar surface area (TPSA) is 0 Å². The lowest BCUT2D eigenvalue weighted by molar-refractivity contribution is 1.61. The van der Waals surface area contributed by atoms with Crippen LogP contribution >= 0.6 is 11.6 Å². The van der Waals surface area contributed by atoms with Crippen molar-refractivity contribution in [2.45, 2.75) is 0 Å². The third-order valence-corrected chi connectivity index (χ3v) is 3.34. The standard InChI is InChI=1S/C10H9Cl.C10H8/c1-3-9-6-4-5-7-10(9)8(2)11;1-2-6-10-8-4-3-7-9(10)5-1/h3-7H,1-2H2;1-8H. The fourth-order valence-corrected chi connectivity index (χ4v) is 2.23. The molecule has 21 heavy (non-hydrogen) atoms. The summed E-state index contributed by atoms with van der Waals surface area (Å²) in [6.07, 6.45) is 1.77. The SMILES string of the molecule is C=Cc1ccccc1C(=C)Cl.c1ccc2ccccc2c1. The maximum Gasteiger partial charge on any atom is 0.0412 e. The molecule has 0 saturated heterocycles. The Balaban J connectivity index is 0.000000154. The van der Waals surface area contributed by atoms with Crippen molar-refractivity contribution in [3.05, 3.63) is 97.1 Å². The van der Waals surface area contributed by atoms with Gasteiger partial charge in [-0.25, -0.2) is 0 Å². The first kappa shape index (κ1) is 15.1. The monoisotopic (exact) mass is 292 g/mol. The Hall–Kier alpha value is -2.31. The van der Waals surface area contributed by atoms with E-state index in [2.05, 4.69) is 61.7 Å². The van der Waals surface area contributed by atoms with E-state index in [-0.39, 0.29) is 0 Å². The Bertz CT molecular complexity index is 691. The Labute approximate surface area is 131 Å². The van der Waals surface area contributed by atoms with Crippen molar-refractivity contribution < 1.29 is 0 Å². The molecule has 3 aromatic carbocycles. The summed E-state index contributed by atoms with van der Waals surface area (Å²) in [6, 6.07) is 24.5. The van der Waals surface area contributed by atoms with Gasteiger partial charge in [-0.15, -0.1) is 0 Å². The predicted molar refractivity (Wildman–Crippen MR) is 95.4 cm³/mol. The molecule has 0 nitrogen and oxygen atoms in total. The van der Waals surface area contributed by atoms with Crippen LogP contribution < -0.4 is 0 Å². The second-order valence-corrected chi connectivity index (χ2v) is 5.00. The average Bonchev–Trinajstić information content (AvgIpc) is 2.55. The van der Waals surface area contributed by atoms with Gasteiger partial charge < -0.3 is 0 Å². The number of fused-ring (bicyclic) bond motifs is 1. The highest BCUT2D eigenvalue weighted by atomic mass is 35.5. The van der Waals surface area contributed by atoms with Crippen molar-refractivity contribution in [3.63, 3.8) is 0 Å². The molecule has 0 amide bonds. The molecule has 0 aliphatic rings. The van der Waals surface area contributed by atoms with Crippen molar-refractivity contribution >= 4 is 33.5 Å². The molecule has 0 atom stereocenters. The zero-order valence-electron chi connectivity index (χ0n) is 11.8. The summed E-state index contributed by atoms with van der Waals surface area (Å²) in [7, 11) is 0. The van der Waals surface area contributed by atoms with E-state index in [1.54, 1.807) is 6.08 Å². The Morgan fingerprint density at radius 2 is 1.19 bits per heavy atom. The summed E-state index contributed by atoms with van der Waals surface area (Å²) in [5.41, 5.74) is 1.97. The highest BCUT2D eigenvalue weighted by molar-refractivity contribution is 6.48. The molecule has 0 fully saturated rings. The lowest BCUT2D eigenvalue weighted by atomic mass is 10.1. The summed E-state index contributed by atoms with van der Waals surface area (Å²) in [6.45, 7) is 7.33. The molecule has 0 aliphatic carbocycles. The molecule has 0 radical (unpaired) electrons.